The van der Waals surface area contributed by atoms with Gasteiger partial charge in [-0.2, -0.15) is 0 Å². The van der Waals surface area contributed by atoms with Crippen molar-refractivity contribution in [1.29, 1.82) is 0 Å². The van der Waals surface area contributed by atoms with Crippen LogP contribution < -0.4 is 4.74 Å². The maximum Gasteiger partial charge on any atom is 0.159 e. The number of methoxy groups -OCH3 is 1. The largest absolute Gasteiger partial charge is 0.496 e. The van der Waals surface area contributed by atoms with E-state index in [0.717, 1.165) is 54.9 Å². The van der Waals surface area contributed by atoms with Crippen molar-refractivity contribution >= 4 is 0 Å². The summed E-state index contributed by atoms with van der Waals surface area (Å²) in [6, 6.07) is 12.2. The highest BCUT2D eigenvalue weighted by molar-refractivity contribution is 5.40. The van der Waals surface area contributed by atoms with Crippen LogP contribution in [0.4, 0.5) is 8.78 Å². The second-order valence-corrected chi connectivity index (χ2v) is 8.66. The number of hydrogen-bond acceptors (Lipinski definition) is 4. The van der Waals surface area contributed by atoms with E-state index in [1.807, 2.05) is 24.5 Å². The van der Waals surface area contributed by atoms with Crippen LogP contribution in [-0.2, 0) is 29.9 Å². The van der Waals surface area contributed by atoms with Crippen molar-refractivity contribution in [2.45, 2.75) is 38.0 Å². The lowest BCUT2D eigenvalue weighted by molar-refractivity contribution is -0.0800. The zero-order chi connectivity index (χ0) is 22.1. The fraction of sp³-hybridized carbons (Fsp3) is 0.346. The molecule has 32 heavy (non-hydrogen) atoms. The van der Waals surface area contributed by atoms with Gasteiger partial charge in [0.05, 0.1) is 19.3 Å². The van der Waals surface area contributed by atoms with Gasteiger partial charge in [-0.25, -0.2) is 8.78 Å². The molecule has 0 amide bonds. The zero-order valence-corrected chi connectivity index (χ0v) is 18.1. The molecule has 2 aliphatic heterocycles. The Kier molecular flexibility index (Phi) is 5.66. The quantitative estimate of drug-likeness (QED) is 0.565. The van der Waals surface area contributed by atoms with E-state index < -0.39 is 11.6 Å². The van der Waals surface area contributed by atoms with Crippen molar-refractivity contribution in [3.63, 3.8) is 0 Å². The number of ether oxygens (including phenoxy) is 2. The summed E-state index contributed by atoms with van der Waals surface area (Å²) in [6.07, 6.45) is 6.21. The second-order valence-electron chi connectivity index (χ2n) is 8.66. The first-order valence-corrected chi connectivity index (χ1v) is 11.0. The number of fused-ring (bicyclic) bond motifs is 2. The van der Waals surface area contributed by atoms with Gasteiger partial charge in [-0.15, -0.1) is 0 Å². The molecule has 1 spiro atoms. The minimum atomic E-state index is -0.826. The van der Waals surface area contributed by atoms with Gasteiger partial charge >= 0.3 is 0 Å². The summed E-state index contributed by atoms with van der Waals surface area (Å²) < 4.78 is 38.6. The van der Waals surface area contributed by atoms with E-state index in [-0.39, 0.29) is 5.60 Å². The first-order chi connectivity index (χ1) is 15.6. The summed E-state index contributed by atoms with van der Waals surface area (Å²) in [6.45, 7) is 3.35. The van der Waals surface area contributed by atoms with E-state index in [4.69, 9.17) is 9.47 Å². The third-order valence-corrected chi connectivity index (χ3v) is 6.71. The fourth-order valence-corrected chi connectivity index (χ4v) is 4.89. The molecular weight excluding hydrogens is 410 g/mol. The molecule has 0 bridgehead atoms. The molecule has 1 fully saturated rings. The van der Waals surface area contributed by atoms with Crippen LogP contribution in [0, 0.1) is 11.6 Å². The van der Waals surface area contributed by atoms with Gasteiger partial charge < -0.3 is 9.47 Å². The topological polar surface area (TPSA) is 34.6 Å². The van der Waals surface area contributed by atoms with Crippen LogP contribution in [0.15, 0.2) is 54.9 Å². The predicted molar refractivity (Wildman–Crippen MR) is 117 cm³/mol. The molecule has 0 N–H and O–H groups in total. The average Bonchev–Trinajstić information content (AvgIpc) is 3.17. The molecule has 0 saturated carbocycles. The van der Waals surface area contributed by atoms with Crippen molar-refractivity contribution in [1.82, 2.24) is 9.88 Å². The number of likely N-dealkylation sites (tertiary alicyclic amines) is 1. The van der Waals surface area contributed by atoms with E-state index >= 15 is 0 Å². The summed E-state index contributed by atoms with van der Waals surface area (Å²) in [5, 5.41) is 0. The highest BCUT2D eigenvalue weighted by atomic mass is 19.2. The van der Waals surface area contributed by atoms with Crippen LogP contribution in [-0.4, -0.2) is 30.1 Å². The molecule has 2 aliphatic rings. The number of aromatic nitrogens is 1. The molecule has 0 radical (unpaired) electrons. The van der Waals surface area contributed by atoms with Crippen molar-refractivity contribution in [3.8, 4) is 5.75 Å². The van der Waals surface area contributed by atoms with Crippen molar-refractivity contribution in [2.24, 2.45) is 0 Å². The highest BCUT2D eigenvalue weighted by Gasteiger charge is 2.42. The Morgan fingerprint density at radius 3 is 2.59 bits per heavy atom. The molecule has 0 unspecified atom stereocenters. The fourth-order valence-electron chi connectivity index (χ4n) is 4.89. The van der Waals surface area contributed by atoms with E-state index in [2.05, 4.69) is 22.0 Å². The van der Waals surface area contributed by atoms with E-state index in [1.54, 1.807) is 13.2 Å². The molecule has 3 aromatic rings. The lowest BCUT2D eigenvalue weighted by Gasteiger charge is -2.39. The number of halogens is 2. The first-order valence-electron chi connectivity index (χ1n) is 11.0. The normalized spacial score (nSPS) is 17.5. The summed E-state index contributed by atoms with van der Waals surface area (Å²) in [5.41, 5.74) is 5.15. The van der Waals surface area contributed by atoms with Crippen LogP contribution in [0.25, 0.3) is 0 Å². The number of benzene rings is 2. The van der Waals surface area contributed by atoms with Crippen LogP contribution in [0.3, 0.4) is 0 Å². The summed E-state index contributed by atoms with van der Waals surface area (Å²) in [4.78, 5) is 6.74. The lowest BCUT2D eigenvalue weighted by Crippen LogP contribution is -2.42. The molecule has 0 atom stereocenters. The second kappa shape index (κ2) is 8.60. The molecule has 166 valence electrons. The van der Waals surface area contributed by atoms with Crippen LogP contribution in [0.2, 0.25) is 0 Å². The molecule has 2 aromatic carbocycles. The van der Waals surface area contributed by atoms with Crippen molar-refractivity contribution in [3.05, 3.63) is 94.3 Å². The minimum absolute atomic E-state index is 0.196. The van der Waals surface area contributed by atoms with Gasteiger partial charge in [0.1, 0.15) is 5.75 Å². The van der Waals surface area contributed by atoms with Gasteiger partial charge in [-0.1, -0.05) is 18.2 Å². The number of rotatable bonds is 5. The standard InChI is InChI=1S/C26H26F2N2O2/c1-31-25-14-19(12-18-3-5-23(27)24(28)13-18)2-4-20(25)16-30-10-7-26(8-11-30)22-15-29-9-6-21(22)17-32-26/h2-6,9,13-15H,7-8,10-12,16-17H2,1H3. The summed E-state index contributed by atoms with van der Waals surface area (Å²) in [7, 11) is 1.67. The van der Waals surface area contributed by atoms with Gasteiger partial charge in [-0.3, -0.25) is 9.88 Å². The Hall–Kier alpha value is -2.83. The Bertz CT molecular complexity index is 1130. The smallest absolute Gasteiger partial charge is 0.159 e. The summed E-state index contributed by atoms with van der Waals surface area (Å²) >= 11 is 0. The van der Waals surface area contributed by atoms with Gasteiger partial charge in [-0.05, 0) is 60.2 Å². The zero-order valence-electron chi connectivity index (χ0n) is 18.1. The molecule has 1 saturated heterocycles. The number of pyridine rings is 1. The van der Waals surface area contributed by atoms with E-state index in [9.17, 15) is 8.78 Å². The molecule has 6 heteroatoms. The summed E-state index contributed by atoms with van der Waals surface area (Å²) in [5.74, 6) is -0.830. The molecular formula is C26H26F2N2O2. The SMILES string of the molecule is COc1cc(Cc2ccc(F)c(F)c2)ccc1CN1CCC2(CC1)OCc1ccncc12. The van der Waals surface area contributed by atoms with Gasteiger partial charge in [0.25, 0.3) is 0 Å². The Labute approximate surface area is 186 Å². The molecule has 4 nitrogen and oxygen atoms in total. The Morgan fingerprint density at radius 1 is 1.03 bits per heavy atom. The monoisotopic (exact) mass is 436 g/mol. The molecule has 3 heterocycles. The molecule has 1 aromatic heterocycles. The van der Waals surface area contributed by atoms with Crippen molar-refractivity contribution in [2.75, 3.05) is 20.2 Å². The van der Waals surface area contributed by atoms with E-state index in [1.165, 1.54) is 23.3 Å². The number of hydrogen-bond donors (Lipinski definition) is 0. The van der Waals surface area contributed by atoms with E-state index in [0.29, 0.717) is 13.0 Å². The highest BCUT2D eigenvalue weighted by Crippen LogP contribution is 2.44. The number of piperidine rings is 1. The minimum Gasteiger partial charge on any atom is -0.496 e. The van der Waals surface area contributed by atoms with Gasteiger partial charge in [0.15, 0.2) is 11.6 Å². The third kappa shape index (κ3) is 4.00. The van der Waals surface area contributed by atoms with Gasteiger partial charge in [0, 0.05) is 43.2 Å². The maximum absolute atomic E-state index is 13.5. The van der Waals surface area contributed by atoms with Crippen LogP contribution in [0.5, 0.6) is 5.75 Å². The molecule has 5 rings (SSSR count). The first kappa shape index (κ1) is 21.0. The number of nitrogens with zero attached hydrogens (tertiary/aromatic N) is 2. The van der Waals surface area contributed by atoms with Crippen molar-refractivity contribution < 1.29 is 18.3 Å². The van der Waals surface area contributed by atoms with Crippen LogP contribution >= 0.6 is 0 Å². The lowest BCUT2D eigenvalue weighted by atomic mass is 9.84. The Morgan fingerprint density at radius 2 is 1.81 bits per heavy atom. The molecule has 0 aliphatic carbocycles. The third-order valence-electron chi connectivity index (χ3n) is 6.71. The maximum atomic E-state index is 13.5. The Balaban J connectivity index is 1.25. The average molecular weight is 437 g/mol. The van der Waals surface area contributed by atoms with Crippen LogP contribution in [0.1, 0.15) is 40.7 Å². The van der Waals surface area contributed by atoms with Gasteiger partial charge in [0.2, 0.25) is 0 Å². The predicted octanol–water partition coefficient (Wildman–Crippen LogP) is 4.98.